The van der Waals surface area contributed by atoms with Gasteiger partial charge in [0.2, 0.25) is 24.1 Å². The molecule has 2 amide bonds. The monoisotopic (exact) mass is 571 g/mol. The van der Waals surface area contributed by atoms with Gasteiger partial charge in [0, 0.05) is 28.8 Å². The fourth-order valence-electron chi connectivity index (χ4n) is 3.88. The van der Waals surface area contributed by atoms with Crippen molar-refractivity contribution in [2.75, 3.05) is 37.5 Å². The number of benzene rings is 2. The van der Waals surface area contributed by atoms with Gasteiger partial charge in [0.1, 0.15) is 0 Å². The third kappa shape index (κ3) is 8.25. The summed E-state index contributed by atoms with van der Waals surface area (Å²) in [5.74, 6) is 0.148. The normalized spacial score (nSPS) is 11.9. The van der Waals surface area contributed by atoms with Crippen LogP contribution < -0.4 is 19.9 Å². The fourth-order valence-corrected chi connectivity index (χ4v) is 4.26. The molecule has 1 N–H and O–H groups in total. The van der Waals surface area contributed by atoms with E-state index in [1.54, 1.807) is 51.1 Å². The number of carbonyl (C=O) groups excluding carboxylic acids is 2. The van der Waals surface area contributed by atoms with Crippen LogP contribution in [0.3, 0.4) is 0 Å². The quantitative estimate of drug-likeness (QED) is 0.147. The molecule has 3 rings (SSSR count). The van der Waals surface area contributed by atoms with Crippen molar-refractivity contribution in [2.45, 2.75) is 32.8 Å². The Balaban J connectivity index is 2.06. The van der Waals surface area contributed by atoms with E-state index >= 15 is 0 Å². The lowest BCUT2D eigenvalue weighted by molar-refractivity contribution is -0.120. The maximum atomic E-state index is 13.1. The van der Waals surface area contributed by atoms with Crippen molar-refractivity contribution in [3.05, 3.63) is 59.7 Å². The van der Waals surface area contributed by atoms with E-state index in [-0.39, 0.29) is 18.9 Å². The highest BCUT2D eigenvalue weighted by molar-refractivity contribution is 7.85. The molecule has 0 bridgehead atoms. The number of hydroxylamine groups is 1. The number of hydrogen-bond acceptors (Lipinski definition) is 9. The minimum Gasteiger partial charge on any atom is -0.481 e. The molecule has 0 aliphatic carbocycles. The molecule has 0 saturated carbocycles. The highest BCUT2D eigenvalue weighted by Crippen LogP contribution is 2.36. The Morgan fingerprint density at radius 2 is 1.77 bits per heavy atom. The van der Waals surface area contributed by atoms with Crippen molar-refractivity contribution in [1.82, 2.24) is 4.98 Å². The first-order chi connectivity index (χ1) is 18.8. The van der Waals surface area contributed by atoms with E-state index in [4.69, 9.17) is 18.5 Å². The van der Waals surface area contributed by atoms with Crippen LogP contribution in [-0.4, -0.2) is 58.4 Å². The highest BCUT2D eigenvalue weighted by Gasteiger charge is 2.22. The van der Waals surface area contributed by atoms with E-state index in [9.17, 15) is 18.0 Å². The lowest BCUT2D eigenvalue weighted by Gasteiger charge is -2.28. The van der Waals surface area contributed by atoms with E-state index in [0.29, 0.717) is 45.6 Å². The van der Waals surface area contributed by atoms with Crippen molar-refractivity contribution >= 4 is 50.7 Å². The van der Waals surface area contributed by atoms with Gasteiger partial charge in [0.05, 0.1) is 38.4 Å². The molecule has 1 aromatic heterocycles. The van der Waals surface area contributed by atoms with E-state index in [1.807, 2.05) is 12.1 Å². The number of anilines is 2. The zero-order chi connectivity index (χ0) is 29.5. The maximum Gasteiger partial charge on any atom is 0.264 e. The molecule has 0 radical (unpaired) electrons. The third-order valence-electron chi connectivity index (χ3n) is 5.43. The van der Waals surface area contributed by atoms with Crippen LogP contribution in [0.4, 0.5) is 11.4 Å². The topological polar surface area (TPSA) is 133 Å². The van der Waals surface area contributed by atoms with Gasteiger partial charge in [-0.2, -0.15) is 18.5 Å². The van der Waals surface area contributed by atoms with Gasteiger partial charge in [-0.15, -0.1) is 0 Å². The molecule has 12 heteroatoms. The molecule has 2 aromatic carbocycles. The van der Waals surface area contributed by atoms with Gasteiger partial charge < -0.3 is 14.8 Å². The molecule has 3 aromatic rings. The van der Waals surface area contributed by atoms with Crippen LogP contribution in [0, 0.1) is 0 Å². The number of hydrogen-bond donors (Lipinski definition) is 1. The summed E-state index contributed by atoms with van der Waals surface area (Å²) < 4.78 is 38.5. The second-order valence-electron chi connectivity index (χ2n) is 9.65. The number of pyridine rings is 1. The van der Waals surface area contributed by atoms with Gasteiger partial charge in [-0.3, -0.25) is 18.6 Å². The Morgan fingerprint density at radius 1 is 1.07 bits per heavy atom. The van der Waals surface area contributed by atoms with Gasteiger partial charge >= 0.3 is 0 Å². The number of methoxy groups -OCH3 is 2. The molecule has 0 unspecified atom stereocenters. The molecular weight excluding hydrogens is 538 g/mol. The largest absolute Gasteiger partial charge is 0.481 e. The van der Waals surface area contributed by atoms with Crippen LogP contribution in [0.5, 0.6) is 11.8 Å². The second-order valence-corrected chi connectivity index (χ2v) is 11.3. The Labute approximate surface area is 233 Å². The summed E-state index contributed by atoms with van der Waals surface area (Å²) in [5.41, 5.74) is 1.22. The van der Waals surface area contributed by atoms with Gasteiger partial charge in [-0.25, -0.2) is 0 Å². The molecule has 0 saturated heterocycles. The van der Waals surface area contributed by atoms with Crippen LogP contribution in [0.2, 0.25) is 0 Å². The van der Waals surface area contributed by atoms with E-state index in [1.165, 1.54) is 26.4 Å². The Morgan fingerprint density at radius 3 is 2.38 bits per heavy atom. The number of amides is 2. The maximum absolute atomic E-state index is 13.1. The first kappa shape index (κ1) is 30.5. The molecule has 0 aliphatic heterocycles. The van der Waals surface area contributed by atoms with Crippen molar-refractivity contribution in [3.63, 3.8) is 0 Å². The lowest BCUT2D eigenvalue weighted by atomic mass is 9.98. The molecule has 0 fully saturated rings. The number of fused-ring (bicyclic) bond motifs is 1. The molecule has 0 atom stereocenters. The van der Waals surface area contributed by atoms with Crippen LogP contribution >= 0.6 is 0 Å². The summed E-state index contributed by atoms with van der Waals surface area (Å²) >= 11 is 0. The number of nitrogens with one attached hydrogen (secondary N) is 1. The van der Waals surface area contributed by atoms with Crippen LogP contribution in [0.15, 0.2) is 48.5 Å². The fraction of sp³-hybridized carbons (Fsp3) is 0.321. The first-order valence-electron chi connectivity index (χ1n) is 12.3. The Kier molecular flexibility index (Phi) is 9.85. The summed E-state index contributed by atoms with van der Waals surface area (Å²) in [5, 5.41) is 5.30. The minimum absolute atomic E-state index is 0.147. The third-order valence-corrected chi connectivity index (χ3v) is 6.02. The average molecular weight is 572 g/mol. The lowest BCUT2D eigenvalue weighted by Crippen LogP contribution is -2.33. The highest BCUT2D eigenvalue weighted by atomic mass is 32.2. The molecule has 11 nitrogen and oxygen atoms in total. The molecular formula is C28H33N3O8S. The predicted octanol–water partition coefficient (Wildman–Crippen LogP) is 4.12. The zero-order valence-corrected chi connectivity index (χ0v) is 24.1. The molecule has 0 aliphatic rings. The molecule has 40 heavy (non-hydrogen) atoms. The summed E-state index contributed by atoms with van der Waals surface area (Å²) in [4.78, 5) is 35.2. The van der Waals surface area contributed by atoms with Gasteiger partial charge in [0.15, 0.2) is 0 Å². The van der Waals surface area contributed by atoms with Gasteiger partial charge in [0.25, 0.3) is 10.1 Å². The number of rotatable bonds is 12. The summed E-state index contributed by atoms with van der Waals surface area (Å²) in [7, 11) is -0.737. The van der Waals surface area contributed by atoms with Gasteiger partial charge in [-0.1, -0.05) is 24.3 Å². The van der Waals surface area contributed by atoms with E-state index in [0.717, 1.165) is 11.3 Å². The van der Waals surface area contributed by atoms with Crippen LogP contribution in [0.1, 0.15) is 31.9 Å². The summed E-state index contributed by atoms with van der Waals surface area (Å²) in [6.45, 7) is 5.26. The summed E-state index contributed by atoms with van der Waals surface area (Å²) in [6.07, 6.45) is 4.52. The predicted molar refractivity (Wildman–Crippen MR) is 153 cm³/mol. The van der Waals surface area contributed by atoms with Crippen molar-refractivity contribution < 1.29 is 36.5 Å². The number of nitrogens with zero attached hydrogens (tertiary/aromatic N) is 2. The summed E-state index contributed by atoms with van der Waals surface area (Å²) in [6, 6.07) is 12.2. The smallest absolute Gasteiger partial charge is 0.264 e. The standard InChI is InChI=1S/C28H33N3O8S/c1-28(2,3)39-31(18-32)24-17-23(21(15-16-38-40(6,34)35)20-9-7-8-10-22(20)24)29-25(33)13-11-19-12-14-26(36-4)30-27(19)37-5/h7-14,17-18H,15-16H2,1-6H3,(H,29,33)/b13-11+. The SMILES string of the molecule is COc1ccc(/C=C/C(=O)Nc2cc(N(C=O)OC(C)(C)C)c3ccccc3c2CCOS(C)(=O)=O)c(OC)n1. The first-order valence-corrected chi connectivity index (χ1v) is 14.1. The van der Waals surface area contributed by atoms with Crippen molar-refractivity contribution in [1.29, 1.82) is 0 Å². The number of ether oxygens (including phenoxy) is 2. The molecule has 0 spiro atoms. The Bertz CT molecular complexity index is 1510. The van der Waals surface area contributed by atoms with Crippen molar-refractivity contribution in [2.24, 2.45) is 0 Å². The van der Waals surface area contributed by atoms with Gasteiger partial charge in [-0.05, 0) is 56.4 Å². The number of carbonyl (C=O) groups is 2. The zero-order valence-electron chi connectivity index (χ0n) is 23.3. The minimum atomic E-state index is -3.68. The Hall–Kier alpha value is -4.00. The second kappa shape index (κ2) is 12.9. The molecule has 214 valence electrons. The van der Waals surface area contributed by atoms with E-state index in [2.05, 4.69) is 10.3 Å². The van der Waals surface area contributed by atoms with E-state index < -0.39 is 21.6 Å². The van der Waals surface area contributed by atoms with Crippen LogP contribution in [-0.2, 0) is 35.1 Å². The van der Waals surface area contributed by atoms with Crippen LogP contribution in [0.25, 0.3) is 16.8 Å². The average Bonchev–Trinajstić information content (AvgIpc) is 2.90. The molecule has 1 heterocycles. The number of aromatic nitrogens is 1. The van der Waals surface area contributed by atoms with Crippen molar-refractivity contribution in [3.8, 4) is 11.8 Å².